The second-order valence-corrected chi connectivity index (χ2v) is 7.58. The maximum absolute atomic E-state index is 11.2. The van der Waals surface area contributed by atoms with E-state index in [2.05, 4.69) is 37.8 Å². The number of hydrogen-bond acceptors (Lipinski definition) is 3. The fraction of sp³-hybridized carbons (Fsp3) is 0.273. The van der Waals surface area contributed by atoms with Crippen molar-refractivity contribution in [1.29, 1.82) is 0 Å². The molecular weight excluding hydrogens is 407 g/mol. The Morgan fingerprint density at radius 1 is 1.33 bits per heavy atom. The Bertz CT molecular complexity index is 555. The van der Waals surface area contributed by atoms with E-state index in [9.17, 15) is 8.42 Å². The summed E-state index contributed by atoms with van der Waals surface area (Å²) in [6, 6.07) is 2.78. The minimum atomic E-state index is -3.76. The van der Waals surface area contributed by atoms with Gasteiger partial charge in [-0.05, 0) is 50.4 Å². The van der Waals surface area contributed by atoms with Crippen LogP contribution in [0.4, 0.5) is 0 Å². The van der Waals surface area contributed by atoms with Gasteiger partial charge in [0, 0.05) is 17.1 Å². The molecule has 98 valence electrons. The number of halogens is 3. The van der Waals surface area contributed by atoms with Gasteiger partial charge in [-0.2, -0.15) is 0 Å². The highest BCUT2D eigenvalue weighted by atomic mass is 79.9. The average Bonchev–Trinajstić information content (AvgIpc) is 2.25. The number of rotatable bonds is 5. The van der Waals surface area contributed by atoms with Crippen LogP contribution in [0.5, 0.6) is 5.75 Å². The van der Waals surface area contributed by atoms with Gasteiger partial charge in [-0.3, -0.25) is 0 Å². The Morgan fingerprint density at radius 3 is 2.33 bits per heavy atom. The first-order valence-corrected chi connectivity index (χ1v) is 8.75. The Hall–Kier alpha value is -0.220. The van der Waals surface area contributed by atoms with Gasteiger partial charge in [-0.15, -0.1) is 12.3 Å². The van der Waals surface area contributed by atoms with E-state index in [0.717, 1.165) is 6.42 Å². The lowest BCUT2D eigenvalue weighted by Gasteiger charge is -2.10. The number of terminal acetylenes is 1. The van der Waals surface area contributed by atoms with Gasteiger partial charge in [-0.1, -0.05) is 0 Å². The molecule has 1 aromatic rings. The summed E-state index contributed by atoms with van der Waals surface area (Å²) in [5.41, 5.74) is 0. The zero-order valence-corrected chi connectivity index (χ0v) is 13.9. The van der Waals surface area contributed by atoms with Crippen molar-refractivity contribution in [3.8, 4) is 18.1 Å². The Kier molecular flexibility index (Phi) is 5.99. The van der Waals surface area contributed by atoms with E-state index < -0.39 is 9.05 Å². The van der Waals surface area contributed by atoms with Gasteiger partial charge in [0.25, 0.3) is 9.05 Å². The lowest BCUT2D eigenvalue weighted by atomic mass is 10.3. The van der Waals surface area contributed by atoms with E-state index in [1.165, 1.54) is 12.1 Å². The van der Waals surface area contributed by atoms with Crippen molar-refractivity contribution < 1.29 is 13.2 Å². The van der Waals surface area contributed by atoms with Crippen molar-refractivity contribution in [3.63, 3.8) is 0 Å². The first-order valence-electron chi connectivity index (χ1n) is 4.86. The highest BCUT2D eigenvalue weighted by Crippen LogP contribution is 2.36. The molecule has 0 atom stereocenters. The summed E-state index contributed by atoms with van der Waals surface area (Å²) in [6.07, 6.45) is 6.49. The number of hydrogen-bond donors (Lipinski definition) is 0. The van der Waals surface area contributed by atoms with E-state index in [4.69, 9.17) is 21.8 Å². The molecule has 1 aromatic carbocycles. The quantitative estimate of drug-likeness (QED) is 0.415. The molecule has 0 aliphatic carbocycles. The fourth-order valence-electron chi connectivity index (χ4n) is 1.16. The molecule has 0 saturated carbocycles. The van der Waals surface area contributed by atoms with Gasteiger partial charge in [0.15, 0.2) is 0 Å². The predicted molar refractivity (Wildman–Crippen MR) is 78.4 cm³/mol. The summed E-state index contributed by atoms with van der Waals surface area (Å²) < 4.78 is 28.9. The molecule has 0 fully saturated rings. The predicted octanol–water partition coefficient (Wildman–Crippen LogP) is 3.93. The van der Waals surface area contributed by atoms with E-state index in [-0.39, 0.29) is 4.90 Å². The summed E-state index contributed by atoms with van der Waals surface area (Å²) in [7, 11) is 1.50. The van der Waals surface area contributed by atoms with Crippen molar-refractivity contribution in [1.82, 2.24) is 0 Å². The third-order valence-electron chi connectivity index (χ3n) is 1.97. The molecule has 0 spiro atoms. The molecule has 1 rings (SSSR count). The summed E-state index contributed by atoms with van der Waals surface area (Å²) in [6.45, 7) is 0.453. The maximum Gasteiger partial charge on any atom is 0.261 e. The molecule has 0 unspecified atom stereocenters. The van der Waals surface area contributed by atoms with Gasteiger partial charge in [0.2, 0.25) is 0 Å². The Morgan fingerprint density at radius 2 is 1.89 bits per heavy atom. The minimum Gasteiger partial charge on any atom is -0.491 e. The first kappa shape index (κ1) is 15.8. The fourth-order valence-corrected chi connectivity index (χ4v) is 3.67. The molecule has 0 aromatic heterocycles. The van der Waals surface area contributed by atoms with Crippen molar-refractivity contribution >= 4 is 51.6 Å². The molecule has 0 saturated heterocycles. The van der Waals surface area contributed by atoms with Gasteiger partial charge >= 0.3 is 0 Å². The van der Waals surface area contributed by atoms with Gasteiger partial charge in [-0.25, -0.2) is 8.42 Å². The molecule has 18 heavy (non-hydrogen) atoms. The zero-order chi connectivity index (χ0) is 13.8. The molecule has 7 heteroatoms. The third kappa shape index (κ3) is 4.47. The van der Waals surface area contributed by atoms with E-state index in [1.54, 1.807) is 0 Å². The lowest BCUT2D eigenvalue weighted by Crippen LogP contribution is -2.00. The van der Waals surface area contributed by atoms with E-state index >= 15 is 0 Å². The summed E-state index contributed by atoms with van der Waals surface area (Å²) in [5, 5.41) is 0. The standard InChI is InChI=1S/C11H9Br2ClO3S/c1-2-3-4-5-17-11-9(12)6-8(7-10(11)13)18(14,15)16/h1,6-7H,3-5H2. The van der Waals surface area contributed by atoms with Crippen LogP contribution in [0.25, 0.3) is 0 Å². The molecule has 0 amide bonds. The number of ether oxygens (including phenoxy) is 1. The van der Waals surface area contributed by atoms with Gasteiger partial charge in [0.05, 0.1) is 20.4 Å². The molecule has 0 N–H and O–H groups in total. The summed E-state index contributed by atoms with van der Waals surface area (Å²) in [4.78, 5) is -0.00103. The van der Waals surface area contributed by atoms with Gasteiger partial charge < -0.3 is 4.74 Å². The Balaban J connectivity index is 2.93. The first-order chi connectivity index (χ1) is 8.36. The van der Waals surface area contributed by atoms with Crippen LogP contribution in [0, 0.1) is 12.3 Å². The van der Waals surface area contributed by atoms with Crippen molar-refractivity contribution in [2.45, 2.75) is 17.7 Å². The number of unbranched alkanes of at least 4 members (excludes halogenated alkanes) is 1. The minimum absolute atomic E-state index is 0.00103. The van der Waals surface area contributed by atoms with Crippen molar-refractivity contribution in [3.05, 3.63) is 21.1 Å². The normalized spacial score (nSPS) is 11.0. The molecule has 0 aliphatic rings. The lowest BCUT2D eigenvalue weighted by molar-refractivity contribution is 0.309. The monoisotopic (exact) mass is 414 g/mol. The molecular formula is C11H9Br2ClO3S. The summed E-state index contributed by atoms with van der Waals surface area (Å²) >= 11 is 6.48. The largest absolute Gasteiger partial charge is 0.491 e. The maximum atomic E-state index is 11.2. The molecule has 3 nitrogen and oxygen atoms in total. The SMILES string of the molecule is C#CCCCOc1c(Br)cc(S(=O)(=O)Cl)cc1Br. The third-order valence-corrected chi connectivity index (χ3v) is 4.48. The van der Waals surface area contributed by atoms with Crippen LogP contribution in [0.1, 0.15) is 12.8 Å². The number of benzene rings is 1. The van der Waals surface area contributed by atoms with E-state index in [0.29, 0.717) is 27.7 Å². The van der Waals surface area contributed by atoms with Crippen LogP contribution in [-0.2, 0) is 9.05 Å². The molecule has 0 bridgehead atoms. The van der Waals surface area contributed by atoms with Crippen LogP contribution in [-0.4, -0.2) is 15.0 Å². The van der Waals surface area contributed by atoms with Gasteiger partial charge in [0.1, 0.15) is 5.75 Å². The van der Waals surface area contributed by atoms with Crippen LogP contribution in [0.3, 0.4) is 0 Å². The van der Waals surface area contributed by atoms with Crippen LogP contribution in [0.15, 0.2) is 26.0 Å². The smallest absolute Gasteiger partial charge is 0.261 e. The molecule has 0 aliphatic heterocycles. The molecule has 0 radical (unpaired) electrons. The van der Waals surface area contributed by atoms with Crippen LogP contribution >= 0.6 is 42.5 Å². The van der Waals surface area contributed by atoms with E-state index in [1.807, 2.05) is 0 Å². The van der Waals surface area contributed by atoms with Crippen LogP contribution < -0.4 is 4.74 Å². The van der Waals surface area contributed by atoms with Crippen molar-refractivity contribution in [2.24, 2.45) is 0 Å². The average molecular weight is 417 g/mol. The molecule has 0 heterocycles. The topological polar surface area (TPSA) is 43.4 Å². The zero-order valence-electron chi connectivity index (χ0n) is 9.12. The van der Waals surface area contributed by atoms with Crippen molar-refractivity contribution in [2.75, 3.05) is 6.61 Å². The second-order valence-electron chi connectivity index (χ2n) is 3.31. The highest BCUT2D eigenvalue weighted by molar-refractivity contribution is 9.11. The second kappa shape index (κ2) is 6.80. The Labute approximate surface area is 128 Å². The highest BCUT2D eigenvalue weighted by Gasteiger charge is 2.16. The summed E-state index contributed by atoms with van der Waals surface area (Å²) in [5.74, 6) is 3.04. The van der Waals surface area contributed by atoms with Crippen LogP contribution in [0.2, 0.25) is 0 Å².